The third kappa shape index (κ3) is 3.58. The zero-order valence-corrected chi connectivity index (χ0v) is 16.4. The fourth-order valence-electron chi connectivity index (χ4n) is 3.94. The Morgan fingerprint density at radius 3 is 2.55 bits per heavy atom. The molecule has 0 saturated heterocycles. The van der Waals surface area contributed by atoms with Crippen LogP contribution in [-0.2, 0) is 0 Å². The largest absolute Gasteiger partial charge is 0.493 e. The number of aromatic nitrogens is 1. The van der Waals surface area contributed by atoms with Crippen molar-refractivity contribution in [2.75, 3.05) is 7.11 Å². The number of furan rings is 1. The number of methoxy groups -OCH3 is 1. The van der Waals surface area contributed by atoms with Crippen molar-refractivity contribution in [2.45, 2.75) is 31.8 Å². The molecule has 146 valence electrons. The van der Waals surface area contributed by atoms with Gasteiger partial charge in [-0.3, -0.25) is 0 Å². The molecule has 0 unspecified atom stereocenters. The highest BCUT2D eigenvalue weighted by Crippen LogP contribution is 2.37. The lowest BCUT2D eigenvalue weighted by Crippen LogP contribution is -2.11. The lowest BCUT2D eigenvalue weighted by molar-refractivity contribution is 0.201. The molecular weight excluding hydrogens is 362 g/mol. The molecule has 0 aliphatic heterocycles. The normalized spacial score (nSPS) is 14.4. The van der Waals surface area contributed by atoms with Gasteiger partial charge in [-0.1, -0.05) is 24.3 Å². The predicted octanol–water partition coefficient (Wildman–Crippen LogP) is 6.49. The van der Waals surface area contributed by atoms with Gasteiger partial charge in [0.1, 0.15) is 11.5 Å². The van der Waals surface area contributed by atoms with Crippen LogP contribution in [0.15, 0.2) is 71.1 Å². The molecule has 2 aromatic carbocycles. The van der Waals surface area contributed by atoms with E-state index in [2.05, 4.69) is 12.1 Å². The van der Waals surface area contributed by atoms with Crippen molar-refractivity contribution in [3.8, 4) is 34.3 Å². The van der Waals surface area contributed by atoms with Gasteiger partial charge in [0.2, 0.25) is 0 Å². The molecule has 29 heavy (non-hydrogen) atoms. The second-order valence-electron chi connectivity index (χ2n) is 7.44. The average molecular weight is 385 g/mol. The standard InChI is InChI=1S/C25H23NO3/c1-27-24-13-11-18(16-25(24)28-19-7-3-4-8-19)22-14-15-23(29-22)21-12-10-17-6-2-5-9-20(17)26-21/h2,5-6,9-16,19H,3-4,7-8H2,1H3. The number of ether oxygens (including phenoxy) is 2. The smallest absolute Gasteiger partial charge is 0.162 e. The molecule has 2 aromatic heterocycles. The Morgan fingerprint density at radius 1 is 0.862 bits per heavy atom. The Balaban J connectivity index is 1.46. The molecule has 1 aliphatic carbocycles. The quantitative estimate of drug-likeness (QED) is 0.394. The molecule has 4 heteroatoms. The van der Waals surface area contributed by atoms with Crippen molar-refractivity contribution < 1.29 is 13.9 Å². The summed E-state index contributed by atoms with van der Waals surface area (Å²) < 4.78 is 17.9. The second-order valence-corrected chi connectivity index (χ2v) is 7.44. The van der Waals surface area contributed by atoms with E-state index in [1.807, 2.05) is 54.6 Å². The van der Waals surface area contributed by atoms with E-state index in [1.54, 1.807) is 7.11 Å². The maximum atomic E-state index is 6.22. The predicted molar refractivity (Wildman–Crippen MR) is 114 cm³/mol. The molecule has 0 atom stereocenters. The number of hydrogen-bond donors (Lipinski definition) is 0. The summed E-state index contributed by atoms with van der Waals surface area (Å²) in [5.41, 5.74) is 2.75. The number of nitrogens with zero attached hydrogens (tertiary/aromatic N) is 1. The summed E-state index contributed by atoms with van der Waals surface area (Å²) in [6, 6.07) is 22.0. The van der Waals surface area contributed by atoms with E-state index in [4.69, 9.17) is 18.9 Å². The first-order chi connectivity index (χ1) is 14.3. The van der Waals surface area contributed by atoms with Crippen LogP contribution < -0.4 is 9.47 Å². The van der Waals surface area contributed by atoms with Crippen LogP contribution in [0.25, 0.3) is 33.7 Å². The van der Waals surface area contributed by atoms with Gasteiger partial charge >= 0.3 is 0 Å². The molecule has 1 saturated carbocycles. The van der Waals surface area contributed by atoms with Gasteiger partial charge in [-0.2, -0.15) is 0 Å². The SMILES string of the molecule is COc1ccc(-c2ccc(-c3ccc4ccccc4n3)o2)cc1OC1CCCC1. The van der Waals surface area contributed by atoms with Gasteiger partial charge in [-0.25, -0.2) is 4.98 Å². The monoisotopic (exact) mass is 385 g/mol. The first kappa shape index (κ1) is 17.8. The van der Waals surface area contributed by atoms with Crippen LogP contribution in [0.5, 0.6) is 11.5 Å². The molecule has 0 radical (unpaired) electrons. The van der Waals surface area contributed by atoms with Gasteiger partial charge in [0.05, 0.1) is 18.7 Å². The van der Waals surface area contributed by atoms with Crippen LogP contribution in [0, 0.1) is 0 Å². The first-order valence-electron chi connectivity index (χ1n) is 10.1. The third-order valence-electron chi connectivity index (χ3n) is 5.50. The Bertz CT molecular complexity index is 1140. The highest BCUT2D eigenvalue weighted by atomic mass is 16.5. The molecule has 1 aliphatic rings. The zero-order valence-electron chi connectivity index (χ0n) is 16.4. The van der Waals surface area contributed by atoms with E-state index in [9.17, 15) is 0 Å². The first-order valence-corrected chi connectivity index (χ1v) is 10.1. The number of pyridine rings is 1. The molecule has 4 aromatic rings. The van der Waals surface area contributed by atoms with Crippen molar-refractivity contribution in [2.24, 2.45) is 0 Å². The maximum absolute atomic E-state index is 6.22. The van der Waals surface area contributed by atoms with Crippen LogP contribution in [-0.4, -0.2) is 18.2 Å². The summed E-state index contributed by atoms with van der Waals surface area (Å²) in [6.07, 6.45) is 4.94. The number of benzene rings is 2. The number of rotatable bonds is 5. The van der Waals surface area contributed by atoms with Gasteiger partial charge in [0.15, 0.2) is 17.3 Å². The minimum Gasteiger partial charge on any atom is -0.493 e. The molecule has 5 rings (SSSR count). The molecule has 0 amide bonds. The van der Waals surface area contributed by atoms with Crippen LogP contribution in [0.4, 0.5) is 0 Å². The van der Waals surface area contributed by atoms with Crippen LogP contribution >= 0.6 is 0 Å². The summed E-state index contributed by atoms with van der Waals surface area (Å²) in [5, 5.41) is 1.12. The van der Waals surface area contributed by atoms with Crippen molar-refractivity contribution in [3.05, 3.63) is 66.7 Å². The average Bonchev–Trinajstić information content (AvgIpc) is 3.46. The minimum absolute atomic E-state index is 0.271. The van der Waals surface area contributed by atoms with Gasteiger partial charge in [-0.15, -0.1) is 0 Å². The van der Waals surface area contributed by atoms with Crippen LogP contribution in [0.1, 0.15) is 25.7 Å². The number of para-hydroxylation sites is 1. The molecule has 4 nitrogen and oxygen atoms in total. The van der Waals surface area contributed by atoms with Crippen molar-refractivity contribution in [3.63, 3.8) is 0 Å². The summed E-state index contributed by atoms with van der Waals surface area (Å²) >= 11 is 0. The topological polar surface area (TPSA) is 44.5 Å². The van der Waals surface area contributed by atoms with E-state index in [0.29, 0.717) is 0 Å². The lowest BCUT2D eigenvalue weighted by Gasteiger charge is -2.16. The fourth-order valence-corrected chi connectivity index (χ4v) is 3.94. The molecule has 0 N–H and O–H groups in total. The van der Waals surface area contributed by atoms with Crippen LogP contribution in [0.2, 0.25) is 0 Å². The Labute approximate surface area is 170 Å². The summed E-state index contributed by atoms with van der Waals surface area (Å²) in [7, 11) is 1.67. The van der Waals surface area contributed by atoms with E-state index in [-0.39, 0.29) is 6.10 Å². The lowest BCUT2D eigenvalue weighted by atomic mass is 10.1. The van der Waals surface area contributed by atoms with E-state index < -0.39 is 0 Å². The Hall–Kier alpha value is -3.27. The van der Waals surface area contributed by atoms with Crippen LogP contribution in [0.3, 0.4) is 0 Å². The molecule has 2 heterocycles. The van der Waals surface area contributed by atoms with E-state index in [0.717, 1.165) is 58.0 Å². The van der Waals surface area contributed by atoms with Crippen molar-refractivity contribution in [1.29, 1.82) is 0 Å². The highest BCUT2D eigenvalue weighted by Gasteiger charge is 2.19. The van der Waals surface area contributed by atoms with Gasteiger partial charge in [0.25, 0.3) is 0 Å². The number of fused-ring (bicyclic) bond motifs is 1. The fraction of sp³-hybridized carbons (Fsp3) is 0.240. The zero-order chi connectivity index (χ0) is 19.6. The Morgan fingerprint density at radius 2 is 1.69 bits per heavy atom. The van der Waals surface area contributed by atoms with Gasteiger partial charge < -0.3 is 13.9 Å². The molecule has 1 fully saturated rings. The molecule has 0 spiro atoms. The summed E-state index contributed by atoms with van der Waals surface area (Å²) in [4.78, 5) is 4.73. The van der Waals surface area contributed by atoms with E-state index >= 15 is 0 Å². The Kier molecular flexibility index (Phi) is 4.68. The maximum Gasteiger partial charge on any atom is 0.162 e. The third-order valence-corrected chi connectivity index (χ3v) is 5.50. The van der Waals surface area contributed by atoms with Crippen molar-refractivity contribution in [1.82, 2.24) is 4.98 Å². The molecular formula is C25H23NO3. The number of hydrogen-bond acceptors (Lipinski definition) is 4. The van der Waals surface area contributed by atoms with Gasteiger partial charge in [0, 0.05) is 10.9 Å². The summed E-state index contributed by atoms with van der Waals surface area (Å²) in [6.45, 7) is 0. The highest BCUT2D eigenvalue weighted by molar-refractivity contribution is 5.81. The van der Waals surface area contributed by atoms with Gasteiger partial charge in [-0.05, 0) is 68.1 Å². The van der Waals surface area contributed by atoms with E-state index in [1.165, 1.54) is 12.8 Å². The molecule has 0 bridgehead atoms. The minimum atomic E-state index is 0.271. The summed E-state index contributed by atoms with van der Waals surface area (Å²) in [5.74, 6) is 3.07. The van der Waals surface area contributed by atoms with Crippen molar-refractivity contribution >= 4 is 10.9 Å². The second kappa shape index (κ2) is 7.63.